The smallest absolute Gasteiger partial charge is 0.269 e. The predicted molar refractivity (Wildman–Crippen MR) is 110 cm³/mol. The molecule has 30 heavy (non-hydrogen) atoms. The molecular formula is C21H19ClN4O4. The number of amides is 1. The molecule has 154 valence electrons. The molecular weight excluding hydrogens is 408 g/mol. The molecule has 1 N–H and O–H groups in total. The fraction of sp³-hybridized carbons (Fsp3) is 0.238. The first-order valence-corrected chi connectivity index (χ1v) is 9.71. The fourth-order valence-corrected chi connectivity index (χ4v) is 3.08. The first-order valence-electron chi connectivity index (χ1n) is 9.33. The Morgan fingerprint density at radius 1 is 1.20 bits per heavy atom. The Hall–Kier alpha value is -3.39. The maximum atomic E-state index is 12.3. The summed E-state index contributed by atoms with van der Waals surface area (Å²) in [5.41, 5.74) is 2.08. The largest absolute Gasteiger partial charge is 0.497 e. The molecule has 1 aliphatic rings. The van der Waals surface area contributed by atoms with Gasteiger partial charge in [-0.2, -0.15) is 4.98 Å². The van der Waals surface area contributed by atoms with E-state index in [1.807, 2.05) is 24.3 Å². The van der Waals surface area contributed by atoms with Gasteiger partial charge in [0, 0.05) is 23.6 Å². The Balaban J connectivity index is 1.27. The van der Waals surface area contributed by atoms with Gasteiger partial charge in [0.2, 0.25) is 0 Å². The van der Waals surface area contributed by atoms with Crippen molar-refractivity contribution in [3.05, 3.63) is 64.9 Å². The minimum Gasteiger partial charge on any atom is -0.497 e. The second-order valence-corrected chi connectivity index (χ2v) is 7.16. The van der Waals surface area contributed by atoms with E-state index in [2.05, 4.69) is 20.6 Å². The predicted octanol–water partition coefficient (Wildman–Crippen LogP) is 3.40. The molecule has 0 saturated heterocycles. The molecule has 1 aliphatic heterocycles. The van der Waals surface area contributed by atoms with Crippen LogP contribution in [0.15, 0.2) is 58.2 Å². The number of carbonyl (C=O) groups excluding carboxylic acids is 1. The molecule has 4 rings (SSSR count). The molecule has 0 spiro atoms. The average molecular weight is 427 g/mol. The van der Waals surface area contributed by atoms with Crippen LogP contribution < -0.4 is 10.1 Å². The Bertz CT molecular complexity index is 1050. The van der Waals surface area contributed by atoms with Crippen LogP contribution >= 0.6 is 11.6 Å². The van der Waals surface area contributed by atoms with Crippen molar-refractivity contribution in [3.63, 3.8) is 0 Å². The van der Waals surface area contributed by atoms with Gasteiger partial charge in [0.15, 0.2) is 5.82 Å². The Morgan fingerprint density at radius 2 is 1.97 bits per heavy atom. The first-order chi connectivity index (χ1) is 14.6. The molecule has 8 nitrogen and oxygen atoms in total. The summed E-state index contributed by atoms with van der Waals surface area (Å²) in [7, 11) is 1.61. The summed E-state index contributed by atoms with van der Waals surface area (Å²) in [5.74, 6) is 1.39. The van der Waals surface area contributed by atoms with E-state index >= 15 is 0 Å². The highest BCUT2D eigenvalue weighted by atomic mass is 35.5. The normalized spacial score (nSPS) is 15.4. The molecule has 0 aliphatic carbocycles. The average Bonchev–Trinajstić information content (AvgIpc) is 3.43. The lowest BCUT2D eigenvalue weighted by Crippen LogP contribution is -2.30. The van der Waals surface area contributed by atoms with Crippen molar-refractivity contribution >= 4 is 23.2 Å². The van der Waals surface area contributed by atoms with Crippen LogP contribution in [0.2, 0.25) is 5.02 Å². The highest BCUT2D eigenvalue weighted by molar-refractivity contribution is 6.39. The topological polar surface area (TPSA) is 98.8 Å². The van der Waals surface area contributed by atoms with Crippen LogP contribution in [0.3, 0.4) is 0 Å². The number of rotatable bonds is 7. The van der Waals surface area contributed by atoms with Crippen LogP contribution in [0, 0.1) is 0 Å². The van der Waals surface area contributed by atoms with Crippen LogP contribution in [0.4, 0.5) is 0 Å². The number of aromatic nitrogens is 2. The van der Waals surface area contributed by atoms with Gasteiger partial charge in [0.1, 0.15) is 17.6 Å². The summed E-state index contributed by atoms with van der Waals surface area (Å²) >= 11 is 5.89. The quantitative estimate of drug-likeness (QED) is 0.621. The van der Waals surface area contributed by atoms with E-state index in [4.69, 9.17) is 25.7 Å². The van der Waals surface area contributed by atoms with Crippen molar-refractivity contribution in [2.75, 3.05) is 7.11 Å². The van der Waals surface area contributed by atoms with Gasteiger partial charge in [-0.3, -0.25) is 4.79 Å². The molecule has 0 saturated carbocycles. The lowest BCUT2D eigenvalue weighted by Gasteiger charge is -2.06. The van der Waals surface area contributed by atoms with Gasteiger partial charge in [0.05, 0.1) is 13.5 Å². The number of nitrogens with one attached hydrogen (secondary N) is 1. The molecule has 1 amide bonds. The summed E-state index contributed by atoms with van der Waals surface area (Å²) in [5, 5.41) is 11.4. The minimum absolute atomic E-state index is 0.261. The van der Waals surface area contributed by atoms with E-state index < -0.39 is 0 Å². The van der Waals surface area contributed by atoms with Crippen LogP contribution in [-0.2, 0) is 22.6 Å². The molecule has 9 heteroatoms. The number of nitrogens with zero attached hydrogens (tertiary/aromatic N) is 3. The maximum Gasteiger partial charge on any atom is 0.269 e. The van der Waals surface area contributed by atoms with Crippen molar-refractivity contribution in [1.82, 2.24) is 15.5 Å². The van der Waals surface area contributed by atoms with E-state index in [-0.39, 0.29) is 12.0 Å². The lowest BCUT2D eigenvalue weighted by molar-refractivity contribution is -0.115. The third-order valence-corrected chi connectivity index (χ3v) is 4.83. The maximum absolute atomic E-state index is 12.3. The molecule has 0 unspecified atom stereocenters. The Morgan fingerprint density at radius 3 is 2.70 bits per heavy atom. The zero-order valence-corrected chi connectivity index (χ0v) is 16.9. The number of halogens is 1. The third-order valence-electron chi connectivity index (χ3n) is 4.58. The monoisotopic (exact) mass is 426 g/mol. The highest BCUT2D eigenvalue weighted by Crippen LogP contribution is 2.21. The summed E-state index contributed by atoms with van der Waals surface area (Å²) < 4.78 is 10.4. The fourth-order valence-electron chi connectivity index (χ4n) is 2.95. The van der Waals surface area contributed by atoms with Gasteiger partial charge in [-0.15, -0.1) is 0 Å². The second kappa shape index (κ2) is 8.96. The van der Waals surface area contributed by atoms with Crippen molar-refractivity contribution in [2.45, 2.75) is 25.5 Å². The van der Waals surface area contributed by atoms with Crippen LogP contribution in [0.5, 0.6) is 5.75 Å². The number of carbonyl (C=O) groups is 1. The van der Waals surface area contributed by atoms with E-state index in [9.17, 15) is 4.79 Å². The zero-order valence-electron chi connectivity index (χ0n) is 16.2. The number of methoxy groups -OCH3 is 1. The van der Waals surface area contributed by atoms with Crippen molar-refractivity contribution in [3.8, 4) is 17.2 Å². The lowest BCUT2D eigenvalue weighted by atomic mass is 10.1. The summed E-state index contributed by atoms with van der Waals surface area (Å²) in [6.07, 6.45) is 0.442. The molecule has 3 aromatic rings. The molecule has 0 bridgehead atoms. The van der Waals surface area contributed by atoms with Crippen molar-refractivity contribution in [1.29, 1.82) is 0 Å². The Labute approximate surface area is 177 Å². The second-order valence-electron chi connectivity index (χ2n) is 6.73. The van der Waals surface area contributed by atoms with E-state index in [1.54, 1.807) is 31.4 Å². The van der Waals surface area contributed by atoms with Crippen molar-refractivity contribution < 1.29 is 18.9 Å². The Kier molecular flexibility index (Phi) is 5.94. The van der Waals surface area contributed by atoms with Crippen LogP contribution in [-0.4, -0.2) is 35.0 Å². The summed E-state index contributed by atoms with van der Waals surface area (Å²) in [6.45, 7) is 0.391. The summed E-state index contributed by atoms with van der Waals surface area (Å²) in [6, 6.07) is 14.6. The van der Waals surface area contributed by atoms with Gasteiger partial charge in [-0.1, -0.05) is 34.0 Å². The van der Waals surface area contributed by atoms with Gasteiger partial charge in [0.25, 0.3) is 11.8 Å². The highest BCUT2D eigenvalue weighted by Gasteiger charge is 2.27. The van der Waals surface area contributed by atoms with Gasteiger partial charge < -0.3 is 19.4 Å². The van der Waals surface area contributed by atoms with Gasteiger partial charge >= 0.3 is 0 Å². The van der Waals surface area contributed by atoms with Crippen molar-refractivity contribution in [2.24, 2.45) is 5.16 Å². The third kappa shape index (κ3) is 4.77. The molecule has 2 aromatic carbocycles. The zero-order chi connectivity index (χ0) is 20.9. The SMILES string of the molecule is COc1ccc(CNC(=O)C2=NO[C@H](Cc3noc(-c4ccc(Cl)cc4)n3)C2)cc1. The standard InChI is InChI=1S/C21H19ClN4O4/c1-28-16-8-2-13(3-9-16)12-23-20(27)18-10-17(29-25-18)11-19-24-21(30-26-19)14-4-6-15(22)7-5-14/h2-9,17H,10-12H2,1H3,(H,23,27)/t17-/m0/s1. The van der Waals surface area contributed by atoms with Crippen LogP contribution in [0.1, 0.15) is 17.8 Å². The van der Waals surface area contributed by atoms with E-state index in [0.29, 0.717) is 41.8 Å². The first kappa shape index (κ1) is 19.9. The van der Waals surface area contributed by atoms with Gasteiger partial charge in [-0.05, 0) is 42.0 Å². The number of ether oxygens (including phenoxy) is 1. The number of hydrogen-bond acceptors (Lipinski definition) is 7. The number of oxime groups is 1. The molecule has 1 aromatic heterocycles. The number of benzene rings is 2. The molecule has 1 atom stereocenters. The molecule has 2 heterocycles. The molecule has 0 radical (unpaired) electrons. The van der Waals surface area contributed by atoms with E-state index in [0.717, 1.165) is 16.9 Å². The minimum atomic E-state index is -0.317. The summed E-state index contributed by atoms with van der Waals surface area (Å²) in [4.78, 5) is 22.1. The van der Waals surface area contributed by atoms with Crippen LogP contribution in [0.25, 0.3) is 11.5 Å². The van der Waals surface area contributed by atoms with E-state index in [1.165, 1.54) is 0 Å². The number of hydrogen-bond donors (Lipinski definition) is 1. The molecule has 0 fully saturated rings. The van der Waals surface area contributed by atoms with Gasteiger partial charge in [-0.25, -0.2) is 0 Å².